The molecule has 0 aromatic rings. The van der Waals surface area contributed by atoms with Gasteiger partial charge >= 0.3 is 23.9 Å². The van der Waals surface area contributed by atoms with Gasteiger partial charge in [0.2, 0.25) is 12.1 Å². The third-order valence-corrected chi connectivity index (χ3v) is 8.48. The fourth-order valence-corrected chi connectivity index (χ4v) is 5.31. The highest BCUT2D eigenvalue weighted by Gasteiger charge is 2.63. The number of carbonyl (C=O) groups excluding carboxylic acids is 4. The summed E-state index contributed by atoms with van der Waals surface area (Å²) in [7, 11) is 0. The first-order chi connectivity index (χ1) is 22.7. The zero-order chi connectivity index (χ0) is 36.0. The van der Waals surface area contributed by atoms with Crippen LogP contribution in [0.25, 0.3) is 0 Å². The van der Waals surface area contributed by atoms with Crippen molar-refractivity contribution in [3.63, 3.8) is 0 Å². The highest BCUT2D eigenvalue weighted by Crippen LogP contribution is 2.40. The summed E-state index contributed by atoms with van der Waals surface area (Å²) in [6, 6.07) is 0. The molecule has 0 radical (unpaired) electrons. The molecular weight excluding hydrogens is 636 g/mol. The molecule has 4 N–H and O–H groups in total. The first-order valence-electron chi connectivity index (χ1n) is 17.1. The molecule has 0 bridgehead atoms. The van der Waals surface area contributed by atoms with E-state index in [1.54, 1.807) is 27.7 Å². The van der Waals surface area contributed by atoms with E-state index in [1.165, 1.54) is 0 Å². The van der Waals surface area contributed by atoms with Crippen LogP contribution in [0.15, 0.2) is 0 Å². The summed E-state index contributed by atoms with van der Waals surface area (Å²) >= 11 is 0. The molecule has 2 heterocycles. The van der Waals surface area contributed by atoms with Crippen LogP contribution in [0.2, 0.25) is 0 Å². The molecule has 0 aromatic carbocycles. The summed E-state index contributed by atoms with van der Waals surface area (Å²) in [6.45, 7) is 7.31. The molecule has 2 saturated heterocycles. The molecule has 0 aromatic heterocycles. The van der Waals surface area contributed by atoms with Gasteiger partial charge in [0.1, 0.15) is 31.0 Å². The van der Waals surface area contributed by atoms with E-state index in [2.05, 4.69) is 6.92 Å². The first-order valence-corrected chi connectivity index (χ1v) is 17.1. The molecule has 2 aliphatic heterocycles. The predicted molar refractivity (Wildman–Crippen MR) is 167 cm³/mol. The van der Waals surface area contributed by atoms with Crippen molar-refractivity contribution in [3.05, 3.63) is 0 Å². The van der Waals surface area contributed by atoms with Crippen LogP contribution in [0.4, 0.5) is 0 Å². The van der Waals surface area contributed by atoms with Gasteiger partial charge in [0, 0.05) is 13.3 Å². The minimum absolute atomic E-state index is 0.0170. The standard InChI is InChI=1S/C33H56O15/c1-7-9-10-11-12-13-14-15-24(37)44-28-27(45-30(40)19(3)4)25(38)22(16-34)43-32(28)48-33(18-42-21(6)36)29(26(39)23(17-35)47-33)46-31(41)20(5)8-2/h19-20,22-23,25-29,32,34-35,38-39H,7-18H2,1-6H3/t20-,22-,23-,25-,26-,27+,28-,29+,32-,33+/m1/s1. The summed E-state index contributed by atoms with van der Waals surface area (Å²) < 4.78 is 40.1. The quantitative estimate of drug-likeness (QED) is 0.0811. The smallest absolute Gasteiger partial charge is 0.309 e. The summed E-state index contributed by atoms with van der Waals surface area (Å²) in [5.74, 6) is -6.68. The number of esters is 4. The average molecular weight is 693 g/mol. The van der Waals surface area contributed by atoms with Crippen LogP contribution in [0.3, 0.4) is 0 Å². The number of aliphatic hydroxyl groups excluding tert-OH is 4. The van der Waals surface area contributed by atoms with Gasteiger partial charge in [-0.15, -0.1) is 0 Å². The number of hydrogen-bond acceptors (Lipinski definition) is 15. The molecule has 0 spiro atoms. The van der Waals surface area contributed by atoms with E-state index in [9.17, 15) is 39.6 Å². The number of rotatable bonds is 20. The van der Waals surface area contributed by atoms with Crippen molar-refractivity contribution in [2.24, 2.45) is 11.8 Å². The van der Waals surface area contributed by atoms with Gasteiger partial charge in [-0.2, -0.15) is 0 Å². The van der Waals surface area contributed by atoms with Gasteiger partial charge in [-0.3, -0.25) is 19.2 Å². The Morgan fingerprint density at radius 2 is 1.42 bits per heavy atom. The maximum Gasteiger partial charge on any atom is 0.309 e. The molecule has 48 heavy (non-hydrogen) atoms. The topological polar surface area (TPSA) is 214 Å². The van der Waals surface area contributed by atoms with Crippen LogP contribution in [-0.4, -0.2) is 119 Å². The fraction of sp³-hybridized carbons (Fsp3) is 0.879. The van der Waals surface area contributed by atoms with E-state index < -0.39 is 110 Å². The van der Waals surface area contributed by atoms with Crippen molar-refractivity contribution in [1.29, 1.82) is 0 Å². The maximum atomic E-state index is 13.2. The lowest BCUT2D eigenvalue weighted by Gasteiger charge is -2.46. The second kappa shape index (κ2) is 20.3. The molecule has 2 rings (SSSR count). The molecule has 2 fully saturated rings. The van der Waals surface area contributed by atoms with Gasteiger partial charge < -0.3 is 53.6 Å². The second-order valence-corrected chi connectivity index (χ2v) is 12.8. The minimum Gasteiger partial charge on any atom is -0.460 e. The number of hydrogen-bond donors (Lipinski definition) is 4. The Balaban J connectivity index is 2.50. The SMILES string of the molecule is CCCCCCCCCC(=O)O[C@H]1[C@@H](O[C@]2(COC(C)=O)O[C@H](CO)[C@@H](O)[C@@H]2OC(=O)[C@H](C)CC)O[C@H](CO)[C@@H](O)[C@@H]1OC(=O)C(C)C. The summed E-state index contributed by atoms with van der Waals surface area (Å²) in [5, 5.41) is 42.3. The van der Waals surface area contributed by atoms with E-state index in [0.29, 0.717) is 12.8 Å². The average Bonchev–Trinajstić information content (AvgIpc) is 3.31. The Morgan fingerprint density at radius 3 is 1.98 bits per heavy atom. The Morgan fingerprint density at radius 1 is 0.792 bits per heavy atom. The zero-order valence-electron chi connectivity index (χ0n) is 29.0. The van der Waals surface area contributed by atoms with E-state index in [-0.39, 0.29) is 6.42 Å². The van der Waals surface area contributed by atoms with Crippen molar-refractivity contribution < 1.29 is 72.8 Å². The Labute approximate surface area is 282 Å². The molecule has 0 unspecified atom stereocenters. The molecule has 278 valence electrons. The van der Waals surface area contributed by atoms with Crippen LogP contribution in [0.1, 0.15) is 99.3 Å². The van der Waals surface area contributed by atoms with Crippen LogP contribution in [-0.2, 0) is 52.3 Å². The van der Waals surface area contributed by atoms with E-state index in [1.807, 2.05) is 0 Å². The van der Waals surface area contributed by atoms with Crippen molar-refractivity contribution in [3.8, 4) is 0 Å². The first kappa shape index (κ1) is 41.8. The Hall–Kier alpha value is -2.40. The molecule has 15 nitrogen and oxygen atoms in total. The molecular formula is C33H56O15. The molecule has 15 heteroatoms. The van der Waals surface area contributed by atoms with Crippen LogP contribution < -0.4 is 0 Å². The van der Waals surface area contributed by atoms with E-state index in [4.69, 9.17) is 33.2 Å². The van der Waals surface area contributed by atoms with Crippen molar-refractivity contribution in [2.75, 3.05) is 19.8 Å². The molecule has 0 amide bonds. The summed E-state index contributed by atoms with van der Waals surface area (Å²) in [6.07, 6.45) is -6.07. The third kappa shape index (κ3) is 11.6. The number of unbranched alkanes of at least 4 members (excludes halogenated alkanes) is 6. The van der Waals surface area contributed by atoms with Crippen molar-refractivity contribution >= 4 is 23.9 Å². The monoisotopic (exact) mass is 692 g/mol. The number of carbonyl (C=O) groups is 4. The molecule has 2 aliphatic rings. The third-order valence-electron chi connectivity index (χ3n) is 8.48. The highest BCUT2D eigenvalue weighted by molar-refractivity contribution is 5.73. The maximum absolute atomic E-state index is 13.2. The lowest BCUT2D eigenvalue weighted by Crippen LogP contribution is -2.65. The van der Waals surface area contributed by atoms with Gasteiger partial charge in [0.05, 0.1) is 25.0 Å². The molecule has 0 aliphatic carbocycles. The zero-order valence-corrected chi connectivity index (χ0v) is 29.0. The Kier molecular flexibility index (Phi) is 17.7. The van der Waals surface area contributed by atoms with Gasteiger partial charge in [0.25, 0.3) is 0 Å². The summed E-state index contributed by atoms with van der Waals surface area (Å²) in [5.41, 5.74) is 0. The predicted octanol–water partition coefficient (Wildman–Crippen LogP) is 1.67. The lowest BCUT2D eigenvalue weighted by molar-refractivity contribution is -0.384. The Bertz CT molecular complexity index is 1020. The van der Waals surface area contributed by atoms with Crippen LogP contribution >= 0.6 is 0 Å². The van der Waals surface area contributed by atoms with E-state index in [0.717, 1.165) is 45.4 Å². The normalized spacial score (nSPS) is 30.9. The number of ether oxygens (including phenoxy) is 7. The van der Waals surface area contributed by atoms with Crippen LogP contribution in [0.5, 0.6) is 0 Å². The van der Waals surface area contributed by atoms with Crippen LogP contribution in [0, 0.1) is 11.8 Å². The van der Waals surface area contributed by atoms with Gasteiger partial charge in [-0.05, 0) is 12.8 Å². The van der Waals surface area contributed by atoms with Crippen molar-refractivity contribution in [2.45, 2.75) is 154 Å². The summed E-state index contributed by atoms with van der Waals surface area (Å²) in [4.78, 5) is 50.8. The van der Waals surface area contributed by atoms with Gasteiger partial charge in [0.15, 0.2) is 18.3 Å². The number of aliphatic hydroxyl groups is 4. The fourth-order valence-electron chi connectivity index (χ4n) is 5.31. The second-order valence-electron chi connectivity index (χ2n) is 12.8. The van der Waals surface area contributed by atoms with Gasteiger partial charge in [-0.1, -0.05) is 73.1 Å². The van der Waals surface area contributed by atoms with E-state index >= 15 is 0 Å². The highest BCUT2D eigenvalue weighted by atomic mass is 16.8. The largest absolute Gasteiger partial charge is 0.460 e. The lowest BCUT2D eigenvalue weighted by atomic mass is 9.97. The molecule has 10 atom stereocenters. The molecule has 0 saturated carbocycles. The van der Waals surface area contributed by atoms with Crippen molar-refractivity contribution in [1.82, 2.24) is 0 Å². The minimum atomic E-state index is -2.36. The van der Waals surface area contributed by atoms with Gasteiger partial charge in [-0.25, -0.2) is 0 Å².